The summed E-state index contributed by atoms with van der Waals surface area (Å²) in [7, 11) is 0. The molecule has 1 aromatic carbocycles. The van der Waals surface area contributed by atoms with Crippen LogP contribution in [0, 0.1) is 27.7 Å². The van der Waals surface area contributed by atoms with Crippen molar-refractivity contribution < 1.29 is 4.79 Å². The number of thiophene rings is 1. The van der Waals surface area contributed by atoms with Gasteiger partial charge in [0.25, 0.3) is 0 Å². The highest BCUT2D eigenvalue weighted by Gasteiger charge is 2.30. The zero-order valence-electron chi connectivity index (χ0n) is 16.1. The second-order valence-corrected chi connectivity index (χ2v) is 9.10. The van der Waals surface area contributed by atoms with Gasteiger partial charge in [0, 0.05) is 11.6 Å². The van der Waals surface area contributed by atoms with E-state index in [1.807, 2.05) is 19.1 Å². The Bertz CT molecular complexity index is 1000. The Morgan fingerprint density at radius 2 is 1.96 bits per heavy atom. The monoisotopic (exact) mass is 397 g/mol. The lowest BCUT2D eigenvalue weighted by molar-refractivity contribution is 0.102. The lowest BCUT2D eigenvalue weighted by atomic mass is 9.93. The van der Waals surface area contributed by atoms with Crippen molar-refractivity contribution in [2.24, 2.45) is 0 Å². The molecule has 0 atom stereocenters. The molecule has 6 heteroatoms. The molecule has 4 rings (SSSR count). The number of hydrogen-bond acceptors (Lipinski definition) is 5. The van der Waals surface area contributed by atoms with Gasteiger partial charge in [-0.3, -0.25) is 9.36 Å². The van der Waals surface area contributed by atoms with Gasteiger partial charge in [-0.15, -0.1) is 21.5 Å². The van der Waals surface area contributed by atoms with Crippen LogP contribution in [0.5, 0.6) is 0 Å². The van der Waals surface area contributed by atoms with Gasteiger partial charge >= 0.3 is 0 Å². The largest absolute Gasteiger partial charge is 0.298 e. The number of rotatable bonds is 6. The van der Waals surface area contributed by atoms with Gasteiger partial charge in [-0.25, -0.2) is 0 Å². The summed E-state index contributed by atoms with van der Waals surface area (Å²) in [6.45, 7) is 8.33. The SMILES string of the molecule is Cc1cc(C(=O)CSc2nnc(-c3cccs3)n2C2CC2)c(C)c(C)c1C. The molecule has 0 unspecified atom stereocenters. The van der Waals surface area contributed by atoms with Crippen molar-refractivity contribution >= 4 is 28.9 Å². The van der Waals surface area contributed by atoms with E-state index in [9.17, 15) is 4.79 Å². The van der Waals surface area contributed by atoms with E-state index >= 15 is 0 Å². The molecule has 2 heterocycles. The number of benzene rings is 1. The van der Waals surface area contributed by atoms with Crippen molar-refractivity contribution in [2.75, 3.05) is 5.75 Å². The molecule has 0 spiro atoms. The van der Waals surface area contributed by atoms with Gasteiger partial charge in [-0.1, -0.05) is 17.8 Å². The number of hydrogen-bond donors (Lipinski definition) is 0. The van der Waals surface area contributed by atoms with Gasteiger partial charge < -0.3 is 0 Å². The number of Topliss-reactive ketones (excluding diaryl/α,β-unsaturated/α-hetero) is 1. The standard InChI is InChI=1S/C21H23N3OS2/c1-12-10-17(15(4)14(3)13(12)2)18(25)11-27-21-23-22-20(19-6-5-9-26-19)24(21)16-7-8-16/h5-6,9-10,16H,7-8,11H2,1-4H3. The van der Waals surface area contributed by atoms with E-state index in [1.165, 1.54) is 28.5 Å². The average molecular weight is 398 g/mol. The summed E-state index contributed by atoms with van der Waals surface area (Å²) in [5, 5.41) is 11.7. The molecule has 0 N–H and O–H groups in total. The van der Waals surface area contributed by atoms with Crippen LogP contribution in [0.4, 0.5) is 0 Å². The van der Waals surface area contributed by atoms with Crippen LogP contribution in [0.25, 0.3) is 10.7 Å². The molecule has 1 aliphatic rings. The third-order valence-corrected chi connectivity index (χ3v) is 7.24. The summed E-state index contributed by atoms with van der Waals surface area (Å²) < 4.78 is 2.22. The smallest absolute Gasteiger partial charge is 0.192 e. The van der Waals surface area contributed by atoms with Gasteiger partial charge in [-0.05, 0) is 80.3 Å². The molecule has 1 saturated carbocycles. The van der Waals surface area contributed by atoms with Gasteiger partial charge in [0.15, 0.2) is 16.8 Å². The molecule has 4 nitrogen and oxygen atoms in total. The van der Waals surface area contributed by atoms with E-state index in [0.29, 0.717) is 11.8 Å². The van der Waals surface area contributed by atoms with Crippen molar-refractivity contribution in [3.8, 4) is 10.7 Å². The van der Waals surface area contributed by atoms with E-state index in [-0.39, 0.29) is 5.78 Å². The number of ketones is 1. The predicted molar refractivity (Wildman–Crippen MR) is 112 cm³/mol. The summed E-state index contributed by atoms with van der Waals surface area (Å²) in [5.74, 6) is 1.48. The maximum absolute atomic E-state index is 12.9. The van der Waals surface area contributed by atoms with Crippen LogP contribution in [0.15, 0.2) is 28.7 Å². The zero-order chi connectivity index (χ0) is 19.1. The fourth-order valence-electron chi connectivity index (χ4n) is 3.32. The Hall–Kier alpha value is -1.92. The summed E-state index contributed by atoms with van der Waals surface area (Å²) in [4.78, 5) is 14.0. The highest BCUT2D eigenvalue weighted by molar-refractivity contribution is 7.99. The van der Waals surface area contributed by atoms with Crippen molar-refractivity contribution in [3.63, 3.8) is 0 Å². The molecule has 0 saturated heterocycles. The summed E-state index contributed by atoms with van der Waals surface area (Å²) in [5.41, 5.74) is 5.58. The molecule has 27 heavy (non-hydrogen) atoms. The van der Waals surface area contributed by atoms with E-state index in [2.05, 4.69) is 47.0 Å². The average Bonchev–Trinajstić information content (AvgIpc) is 3.18. The van der Waals surface area contributed by atoms with Gasteiger partial charge in [0.1, 0.15) is 0 Å². The lowest BCUT2D eigenvalue weighted by Gasteiger charge is -2.13. The van der Waals surface area contributed by atoms with Crippen molar-refractivity contribution in [1.82, 2.24) is 14.8 Å². The third kappa shape index (κ3) is 3.48. The minimum Gasteiger partial charge on any atom is -0.298 e. The maximum atomic E-state index is 12.9. The second kappa shape index (κ2) is 7.24. The molecule has 0 amide bonds. The molecule has 0 bridgehead atoms. The Morgan fingerprint density at radius 3 is 2.63 bits per heavy atom. The molecular formula is C21H23N3OS2. The molecule has 3 aromatic rings. The number of aryl methyl sites for hydroxylation is 1. The summed E-state index contributed by atoms with van der Waals surface area (Å²) >= 11 is 3.18. The van der Waals surface area contributed by atoms with E-state index in [4.69, 9.17) is 0 Å². The minimum absolute atomic E-state index is 0.159. The number of thioether (sulfide) groups is 1. The Morgan fingerprint density at radius 1 is 1.19 bits per heavy atom. The molecule has 1 aliphatic carbocycles. The normalized spacial score (nSPS) is 13.9. The molecular weight excluding hydrogens is 374 g/mol. The quantitative estimate of drug-likeness (QED) is 0.404. The minimum atomic E-state index is 0.159. The number of carbonyl (C=O) groups excluding carboxylic acids is 1. The van der Waals surface area contributed by atoms with Crippen molar-refractivity contribution in [3.05, 3.63) is 51.4 Å². The first kappa shape index (κ1) is 18.4. The maximum Gasteiger partial charge on any atom is 0.192 e. The fourth-order valence-corrected chi connectivity index (χ4v) is 4.91. The Kier molecular flexibility index (Phi) is 4.95. The van der Waals surface area contributed by atoms with Crippen LogP contribution in [0.3, 0.4) is 0 Å². The van der Waals surface area contributed by atoms with E-state index in [0.717, 1.165) is 39.8 Å². The van der Waals surface area contributed by atoms with Crippen molar-refractivity contribution in [1.29, 1.82) is 0 Å². The first-order chi connectivity index (χ1) is 13.0. The highest BCUT2D eigenvalue weighted by atomic mass is 32.2. The lowest BCUT2D eigenvalue weighted by Crippen LogP contribution is -2.09. The first-order valence-electron chi connectivity index (χ1n) is 9.19. The number of aromatic nitrogens is 3. The number of carbonyl (C=O) groups is 1. The van der Waals surface area contributed by atoms with Crippen LogP contribution in [0.2, 0.25) is 0 Å². The summed E-state index contributed by atoms with van der Waals surface area (Å²) in [6, 6.07) is 6.62. The summed E-state index contributed by atoms with van der Waals surface area (Å²) in [6.07, 6.45) is 2.32. The Labute approximate surface area is 168 Å². The highest BCUT2D eigenvalue weighted by Crippen LogP contribution is 2.41. The van der Waals surface area contributed by atoms with Crippen LogP contribution in [-0.2, 0) is 0 Å². The predicted octanol–water partition coefficient (Wildman–Crippen LogP) is 5.55. The van der Waals surface area contributed by atoms with Gasteiger partial charge in [-0.2, -0.15) is 0 Å². The van der Waals surface area contributed by atoms with Crippen LogP contribution in [0.1, 0.15) is 51.5 Å². The van der Waals surface area contributed by atoms with Gasteiger partial charge in [0.2, 0.25) is 0 Å². The topological polar surface area (TPSA) is 47.8 Å². The molecule has 0 radical (unpaired) electrons. The molecule has 1 fully saturated rings. The zero-order valence-corrected chi connectivity index (χ0v) is 17.7. The van der Waals surface area contributed by atoms with Gasteiger partial charge in [0.05, 0.1) is 10.6 Å². The number of nitrogens with zero attached hydrogens (tertiary/aromatic N) is 3. The molecule has 0 aliphatic heterocycles. The molecule has 140 valence electrons. The second-order valence-electron chi connectivity index (χ2n) is 7.21. The van der Waals surface area contributed by atoms with Crippen molar-refractivity contribution in [2.45, 2.75) is 51.7 Å². The first-order valence-corrected chi connectivity index (χ1v) is 11.1. The third-order valence-electron chi connectivity index (χ3n) is 5.43. The van der Waals surface area contributed by atoms with Crippen LogP contribution < -0.4 is 0 Å². The van der Waals surface area contributed by atoms with Crippen LogP contribution in [-0.4, -0.2) is 26.3 Å². The fraction of sp³-hybridized carbons (Fsp3) is 0.381. The van der Waals surface area contributed by atoms with E-state index < -0.39 is 0 Å². The Balaban J connectivity index is 1.57. The van der Waals surface area contributed by atoms with E-state index in [1.54, 1.807) is 11.3 Å². The van der Waals surface area contributed by atoms with Crippen LogP contribution >= 0.6 is 23.1 Å². The molecule has 2 aromatic heterocycles.